The number of amidine groups is 1. The number of nitrogen functional groups attached to an aromatic ring is 1. The maximum absolute atomic E-state index is 13.8. The third-order valence-corrected chi connectivity index (χ3v) is 6.99. The second kappa shape index (κ2) is 11.3. The van der Waals surface area contributed by atoms with Crippen molar-refractivity contribution in [2.45, 2.75) is 57.0 Å². The predicted octanol–water partition coefficient (Wildman–Crippen LogP) is 1.21. The lowest BCUT2D eigenvalue weighted by atomic mass is 9.72. The molecular formula is C24H35N5O5. The van der Waals surface area contributed by atoms with Gasteiger partial charge in [0.2, 0.25) is 11.8 Å². The van der Waals surface area contributed by atoms with Crippen molar-refractivity contribution < 1.29 is 24.2 Å². The molecule has 10 nitrogen and oxygen atoms in total. The van der Waals surface area contributed by atoms with Gasteiger partial charge in [-0.15, -0.1) is 0 Å². The van der Waals surface area contributed by atoms with E-state index in [1.54, 1.807) is 23.1 Å². The van der Waals surface area contributed by atoms with Gasteiger partial charge in [-0.3, -0.25) is 25.1 Å². The van der Waals surface area contributed by atoms with E-state index in [1.165, 1.54) is 7.11 Å². The van der Waals surface area contributed by atoms with Crippen LogP contribution in [-0.2, 0) is 20.9 Å². The number of likely N-dealkylation sites (tertiary alicyclic amines) is 1. The van der Waals surface area contributed by atoms with Gasteiger partial charge in [0.05, 0.1) is 20.2 Å². The summed E-state index contributed by atoms with van der Waals surface area (Å²) in [6.45, 7) is 0.273. The minimum absolute atomic E-state index is 0.0640. The Kier molecular flexibility index (Phi) is 8.49. The fourth-order valence-electron chi connectivity index (χ4n) is 5.37. The third kappa shape index (κ3) is 5.49. The number of nitrogens with zero attached hydrogens (tertiary/aromatic N) is 1. The van der Waals surface area contributed by atoms with Crippen molar-refractivity contribution in [2.75, 3.05) is 26.7 Å². The van der Waals surface area contributed by atoms with Gasteiger partial charge in [0, 0.05) is 24.2 Å². The first-order valence-electron chi connectivity index (χ1n) is 11.8. The van der Waals surface area contributed by atoms with Crippen LogP contribution in [0.2, 0.25) is 0 Å². The Morgan fingerprint density at radius 2 is 1.94 bits per heavy atom. The lowest BCUT2D eigenvalue weighted by Crippen LogP contribution is -2.62. The van der Waals surface area contributed by atoms with E-state index < -0.39 is 11.5 Å². The highest BCUT2D eigenvalue weighted by atomic mass is 16.5. The molecule has 6 N–H and O–H groups in total. The molecule has 10 heteroatoms. The molecule has 2 aliphatic rings. The number of methoxy groups -OCH3 is 1. The van der Waals surface area contributed by atoms with Crippen LogP contribution in [0, 0.1) is 11.3 Å². The highest BCUT2D eigenvalue weighted by Gasteiger charge is 2.54. The fourth-order valence-corrected chi connectivity index (χ4v) is 5.37. The molecule has 0 bridgehead atoms. The Morgan fingerprint density at radius 3 is 2.59 bits per heavy atom. The summed E-state index contributed by atoms with van der Waals surface area (Å²) in [7, 11) is 1.52. The normalized spacial score (nSPS) is 20.7. The monoisotopic (exact) mass is 473 g/mol. The molecule has 2 fully saturated rings. The molecule has 3 rings (SSSR count). The molecule has 34 heavy (non-hydrogen) atoms. The number of aliphatic carboxylic acids is 1. The van der Waals surface area contributed by atoms with E-state index in [4.69, 9.17) is 21.0 Å². The second-order valence-electron chi connectivity index (χ2n) is 9.03. The number of carboxylic acid groups (broad SMARTS) is 1. The average Bonchev–Trinajstić information content (AvgIpc) is 3.29. The average molecular weight is 474 g/mol. The van der Waals surface area contributed by atoms with E-state index in [0.717, 1.165) is 44.1 Å². The number of nitrogens with one attached hydrogen (secondary N) is 3. The summed E-state index contributed by atoms with van der Waals surface area (Å²) in [5.74, 6) is -0.938. The van der Waals surface area contributed by atoms with Crippen LogP contribution in [-0.4, -0.2) is 65.9 Å². The van der Waals surface area contributed by atoms with E-state index >= 15 is 0 Å². The Labute approximate surface area is 199 Å². The third-order valence-electron chi connectivity index (χ3n) is 6.99. The summed E-state index contributed by atoms with van der Waals surface area (Å²) >= 11 is 0. The molecule has 1 aliphatic carbocycles. The quantitative estimate of drug-likeness (QED) is 0.252. The summed E-state index contributed by atoms with van der Waals surface area (Å²) in [6, 6.07) is 5.15. The van der Waals surface area contributed by atoms with Crippen molar-refractivity contribution in [1.29, 1.82) is 5.41 Å². The van der Waals surface area contributed by atoms with Crippen molar-refractivity contribution >= 4 is 23.6 Å². The van der Waals surface area contributed by atoms with Gasteiger partial charge in [0.25, 0.3) is 0 Å². The van der Waals surface area contributed by atoms with Crippen LogP contribution in [0.1, 0.15) is 56.1 Å². The van der Waals surface area contributed by atoms with Gasteiger partial charge in [-0.2, -0.15) is 0 Å². The summed E-state index contributed by atoms with van der Waals surface area (Å²) in [5, 5.41) is 22.2. The number of ether oxygens (including phenoxy) is 1. The lowest BCUT2D eigenvalue weighted by molar-refractivity contribution is -0.149. The van der Waals surface area contributed by atoms with Crippen LogP contribution >= 0.6 is 0 Å². The first-order valence-corrected chi connectivity index (χ1v) is 11.8. The van der Waals surface area contributed by atoms with Gasteiger partial charge < -0.3 is 25.8 Å². The molecule has 2 amide bonds. The maximum Gasteiger partial charge on any atom is 0.317 e. The van der Waals surface area contributed by atoms with E-state index in [1.807, 2.05) is 0 Å². The molecule has 1 aromatic rings. The van der Waals surface area contributed by atoms with Gasteiger partial charge in [-0.05, 0) is 37.7 Å². The first-order chi connectivity index (χ1) is 16.3. The van der Waals surface area contributed by atoms with Crippen LogP contribution in [0.15, 0.2) is 18.2 Å². The zero-order chi connectivity index (χ0) is 24.7. The molecule has 1 aromatic carbocycles. The number of nitrogens with two attached hydrogens (primary N) is 1. The number of benzene rings is 1. The molecule has 1 saturated carbocycles. The minimum Gasteiger partial charge on any atom is -0.496 e. The van der Waals surface area contributed by atoms with Gasteiger partial charge >= 0.3 is 5.97 Å². The zero-order valence-electron chi connectivity index (χ0n) is 19.7. The molecule has 186 valence electrons. The molecule has 0 unspecified atom stereocenters. The number of amides is 2. The van der Waals surface area contributed by atoms with Crippen molar-refractivity contribution in [3.8, 4) is 5.75 Å². The predicted molar refractivity (Wildman–Crippen MR) is 127 cm³/mol. The number of carbonyl (C=O) groups excluding carboxylic acids is 2. The van der Waals surface area contributed by atoms with Crippen molar-refractivity contribution in [3.05, 3.63) is 29.3 Å². The van der Waals surface area contributed by atoms with Crippen LogP contribution in [0.4, 0.5) is 0 Å². The molecule has 0 aromatic heterocycles. The largest absolute Gasteiger partial charge is 0.496 e. The number of carbonyl (C=O) groups is 3. The zero-order valence-corrected chi connectivity index (χ0v) is 19.7. The summed E-state index contributed by atoms with van der Waals surface area (Å²) in [5.41, 5.74) is 5.92. The Balaban J connectivity index is 1.81. The molecule has 0 spiro atoms. The van der Waals surface area contributed by atoms with E-state index in [-0.39, 0.29) is 43.2 Å². The molecule has 1 atom stereocenters. The van der Waals surface area contributed by atoms with Crippen LogP contribution in [0.25, 0.3) is 0 Å². The minimum atomic E-state index is -1.03. The lowest BCUT2D eigenvalue weighted by Gasteiger charge is -2.44. The fraction of sp³-hybridized carbons (Fsp3) is 0.583. The van der Waals surface area contributed by atoms with Crippen molar-refractivity contribution in [3.63, 3.8) is 0 Å². The number of carboxylic acids is 1. The van der Waals surface area contributed by atoms with Crippen LogP contribution in [0.5, 0.6) is 5.75 Å². The molecule has 0 radical (unpaired) electrons. The van der Waals surface area contributed by atoms with Gasteiger partial charge in [0.15, 0.2) is 0 Å². The molecular weight excluding hydrogens is 438 g/mol. The van der Waals surface area contributed by atoms with Crippen molar-refractivity contribution in [1.82, 2.24) is 15.5 Å². The summed E-state index contributed by atoms with van der Waals surface area (Å²) in [4.78, 5) is 39.4. The smallest absolute Gasteiger partial charge is 0.317 e. The van der Waals surface area contributed by atoms with Crippen molar-refractivity contribution in [2.24, 2.45) is 11.7 Å². The Hall–Kier alpha value is -3.14. The Morgan fingerprint density at radius 1 is 1.21 bits per heavy atom. The summed E-state index contributed by atoms with van der Waals surface area (Å²) in [6.07, 6.45) is 6.27. The van der Waals surface area contributed by atoms with Gasteiger partial charge in [-0.25, -0.2) is 0 Å². The second-order valence-corrected chi connectivity index (χ2v) is 9.03. The van der Waals surface area contributed by atoms with E-state index in [0.29, 0.717) is 24.3 Å². The van der Waals surface area contributed by atoms with Crippen LogP contribution in [0.3, 0.4) is 0 Å². The van der Waals surface area contributed by atoms with E-state index in [2.05, 4.69) is 10.6 Å². The SMILES string of the molecule is COc1cc(C(=N)N)ccc1CNC(=O)[C@]1(C2CCCCC2)CCCN1C(=O)CNCC(=O)O. The number of hydrogen-bond donors (Lipinski definition) is 5. The number of hydrogen-bond acceptors (Lipinski definition) is 6. The Bertz CT molecular complexity index is 930. The first kappa shape index (κ1) is 25.5. The molecule has 1 aliphatic heterocycles. The molecule has 1 heterocycles. The summed E-state index contributed by atoms with van der Waals surface area (Å²) < 4.78 is 5.43. The standard InChI is InChI=1S/C24H35N5O5/c1-34-19-12-16(22(25)26)8-9-17(19)13-28-23(33)24(18-6-3-2-4-7-18)10-5-11-29(24)20(30)14-27-15-21(31)32/h8-9,12,18,27H,2-7,10-11,13-15H2,1H3,(H3,25,26)(H,28,33)(H,31,32)/t24-/m1/s1. The topological polar surface area (TPSA) is 158 Å². The van der Waals surface area contributed by atoms with Gasteiger partial charge in [-0.1, -0.05) is 31.4 Å². The highest BCUT2D eigenvalue weighted by Crippen LogP contribution is 2.43. The number of rotatable bonds is 10. The molecule has 1 saturated heterocycles. The highest BCUT2D eigenvalue weighted by molar-refractivity contribution is 5.95. The van der Waals surface area contributed by atoms with Crippen LogP contribution < -0.4 is 21.1 Å². The van der Waals surface area contributed by atoms with Gasteiger partial charge in [0.1, 0.15) is 17.1 Å². The van der Waals surface area contributed by atoms with E-state index in [9.17, 15) is 14.4 Å². The maximum atomic E-state index is 13.8.